The van der Waals surface area contributed by atoms with Gasteiger partial charge in [0.2, 0.25) is 0 Å². The molecule has 1 aliphatic rings. The first-order valence-electron chi connectivity index (χ1n) is 5.93. The summed E-state index contributed by atoms with van der Waals surface area (Å²) in [5.41, 5.74) is 0. The van der Waals surface area contributed by atoms with Gasteiger partial charge in [0.25, 0.3) is 5.91 Å². The number of hydrogen-bond acceptors (Lipinski definition) is 4. The number of carboxylic acids is 1. The molecule has 0 fully saturated rings. The van der Waals surface area contributed by atoms with E-state index in [0.29, 0.717) is 11.5 Å². The van der Waals surface area contributed by atoms with Crippen LogP contribution >= 0.6 is 11.8 Å². The van der Waals surface area contributed by atoms with E-state index in [1.165, 1.54) is 4.90 Å². The molecule has 0 bridgehead atoms. The highest BCUT2D eigenvalue weighted by atomic mass is 32.2. The predicted molar refractivity (Wildman–Crippen MR) is 71.5 cm³/mol. The summed E-state index contributed by atoms with van der Waals surface area (Å²) in [6.07, 6.45) is -0.600. The van der Waals surface area contributed by atoms with Crippen LogP contribution in [0.5, 0.6) is 5.75 Å². The van der Waals surface area contributed by atoms with Gasteiger partial charge >= 0.3 is 5.97 Å². The third kappa shape index (κ3) is 3.41. The minimum absolute atomic E-state index is 0.0569. The molecular formula is C13H15NO4S. The fourth-order valence-electron chi connectivity index (χ4n) is 1.76. The summed E-state index contributed by atoms with van der Waals surface area (Å²) in [7, 11) is 1.60. The number of para-hydroxylation sites is 1. The Kier molecular flexibility index (Phi) is 4.31. The Labute approximate surface area is 115 Å². The minimum Gasteiger partial charge on any atom is -0.481 e. The molecule has 2 rings (SSSR count). The van der Waals surface area contributed by atoms with Crippen LogP contribution in [0.2, 0.25) is 0 Å². The van der Waals surface area contributed by atoms with E-state index in [1.807, 2.05) is 24.3 Å². The molecule has 0 saturated carbocycles. The summed E-state index contributed by atoms with van der Waals surface area (Å²) in [5, 5.41) is 8.61. The first-order valence-corrected chi connectivity index (χ1v) is 6.91. The molecule has 0 aliphatic carbocycles. The van der Waals surface area contributed by atoms with Crippen LogP contribution in [0.25, 0.3) is 0 Å². The molecule has 1 amide bonds. The number of rotatable bonds is 4. The smallest absolute Gasteiger partial charge is 0.305 e. The molecule has 1 aromatic carbocycles. The molecule has 1 heterocycles. The zero-order chi connectivity index (χ0) is 13.8. The van der Waals surface area contributed by atoms with Gasteiger partial charge in [-0.2, -0.15) is 0 Å². The number of amides is 1. The SMILES string of the molecule is CN(CCC(=O)O)C(=O)[C@H]1CSc2ccccc2O1. The first-order chi connectivity index (χ1) is 9.08. The van der Waals surface area contributed by atoms with Gasteiger partial charge in [-0.1, -0.05) is 12.1 Å². The van der Waals surface area contributed by atoms with E-state index >= 15 is 0 Å². The number of hydrogen-bond donors (Lipinski definition) is 1. The topological polar surface area (TPSA) is 66.8 Å². The highest BCUT2D eigenvalue weighted by molar-refractivity contribution is 7.99. The Bertz CT molecular complexity index is 491. The number of thioether (sulfide) groups is 1. The van der Waals surface area contributed by atoms with Crippen LogP contribution in [0, 0.1) is 0 Å². The number of ether oxygens (including phenoxy) is 1. The second kappa shape index (κ2) is 5.97. The first kappa shape index (κ1) is 13.7. The summed E-state index contributed by atoms with van der Waals surface area (Å²) >= 11 is 1.58. The maximum atomic E-state index is 12.1. The number of nitrogens with zero attached hydrogens (tertiary/aromatic N) is 1. The van der Waals surface area contributed by atoms with Crippen molar-refractivity contribution in [3.05, 3.63) is 24.3 Å². The lowest BCUT2D eigenvalue weighted by molar-refractivity contribution is -0.140. The van der Waals surface area contributed by atoms with Gasteiger partial charge in [-0.25, -0.2) is 0 Å². The predicted octanol–water partition coefficient (Wildman–Crippen LogP) is 1.47. The fraction of sp³-hybridized carbons (Fsp3) is 0.385. The molecule has 19 heavy (non-hydrogen) atoms. The van der Waals surface area contributed by atoms with Crippen molar-refractivity contribution in [3.8, 4) is 5.75 Å². The van der Waals surface area contributed by atoms with E-state index in [0.717, 1.165) is 4.90 Å². The largest absolute Gasteiger partial charge is 0.481 e. The van der Waals surface area contributed by atoms with Crippen LogP contribution in [0.3, 0.4) is 0 Å². The van der Waals surface area contributed by atoms with Crippen molar-refractivity contribution in [3.63, 3.8) is 0 Å². The molecule has 0 radical (unpaired) electrons. The molecule has 0 unspecified atom stereocenters. The molecule has 1 atom stereocenters. The van der Waals surface area contributed by atoms with Crippen LogP contribution in [0.1, 0.15) is 6.42 Å². The van der Waals surface area contributed by atoms with E-state index in [4.69, 9.17) is 9.84 Å². The number of carboxylic acid groups (broad SMARTS) is 1. The van der Waals surface area contributed by atoms with Crippen LogP contribution in [-0.2, 0) is 9.59 Å². The minimum atomic E-state index is -0.913. The second-order valence-corrected chi connectivity index (χ2v) is 5.33. The van der Waals surface area contributed by atoms with Crippen molar-refractivity contribution < 1.29 is 19.4 Å². The quantitative estimate of drug-likeness (QED) is 0.905. The van der Waals surface area contributed by atoms with E-state index in [1.54, 1.807) is 18.8 Å². The monoisotopic (exact) mass is 281 g/mol. The van der Waals surface area contributed by atoms with Gasteiger partial charge < -0.3 is 14.7 Å². The van der Waals surface area contributed by atoms with Gasteiger partial charge in [0.15, 0.2) is 6.10 Å². The maximum absolute atomic E-state index is 12.1. The van der Waals surface area contributed by atoms with Crippen molar-refractivity contribution in [1.29, 1.82) is 0 Å². The highest BCUT2D eigenvalue weighted by Crippen LogP contribution is 2.35. The molecule has 1 aliphatic heterocycles. The van der Waals surface area contributed by atoms with Crippen LogP contribution in [0.15, 0.2) is 29.2 Å². The summed E-state index contributed by atoms with van der Waals surface area (Å²) < 4.78 is 5.66. The summed E-state index contributed by atoms with van der Waals surface area (Å²) in [6.45, 7) is 0.195. The fourth-order valence-corrected chi connectivity index (χ4v) is 2.74. The normalized spacial score (nSPS) is 17.2. The number of benzene rings is 1. The zero-order valence-electron chi connectivity index (χ0n) is 10.5. The van der Waals surface area contributed by atoms with Crippen LogP contribution < -0.4 is 4.74 Å². The van der Waals surface area contributed by atoms with Crippen molar-refractivity contribution in [2.75, 3.05) is 19.3 Å². The Morgan fingerprint density at radius 1 is 1.47 bits per heavy atom. The van der Waals surface area contributed by atoms with E-state index in [-0.39, 0.29) is 18.9 Å². The second-order valence-electron chi connectivity index (χ2n) is 4.27. The Morgan fingerprint density at radius 3 is 2.95 bits per heavy atom. The Balaban J connectivity index is 1.96. The standard InChI is InChI=1S/C13H15NO4S/c1-14(7-6-12(15)16)13(17)10-8-19-11-5-3-2-4-9(11)18-10/h2-5,10H,6-8H2,1H3,(H,15,16)/t10-/m1/s1. The highest BCUT2D eigenvalue weighted by Gasteiger charge is 2.28. The molecule has 0 spiro atoms. The van der Waals surface area contributed by atoms with Crippen molar-refractivity contribution in [1.82, 2.24) is 4.90 Å². The lowest BCUT2D eigenvalue weighted by atomic mass is 10.3. The molecule has 1 aromatic rings. The molecular weight excluding hydrogens is 266 g/mol. The molecule has 0 saturated heterocycles. The van der Waals surface area contributed by atoms with Gasteiger partial charge in [0.05, 0.1) is 6.42 Å². The van der Waals surface area contributed by atoms with Crippen LogP contribution in [-0.4, -0.2) is 47.3 Å². The van der Waals surface area contributed by atoms with Gasteiger partial charge in [-0.05, 0) is 12.1 Å². The molecule has 1 N–H and O–H groups in total. The number of carbonyl (C=O) groups excluding carboxylic acids is 1. The van der Waals surface area contributed by atoms with Gasteiger partial charge in [-0.15, -0.1) is 11.8 Å². The molecule has 6 heteroatoms. The summed E-state index contributed by atoms with van der Waals surface area (Å²) in [4.78, 5) is 25.0. The van der Waals surface area contributed by atoms with E-state index < -0.39 is 12.1 Å². The van der Waals surface area contributed by atoms with Crippen LogP contribution in [0.4, 0.5) is 0 Å². The lowest BCUT2D eigenvalue weighted by Gasteiger charge is -2.28. The maximum Gasteiger partial charge on any atom is 0.305 e. The number of carbonyl (C=O) groups is 2. The number of likely N-dealkylation sites (N-methyl/N-ethyl adjacent to an activating group) is 1. The molecule has 102 valence electrons. The number of fused-ring (bicyclic) bond motifs is 1. The van der Waals surface area contributed by atoms with Gasteiger partial charge in [0.1, 0.15) is 5.75 Å². The average Bonchev–Trinajstić information content (AvgIpc) is 2.43. The Morgan fingerprint density at radius 2 is 2.21 bits per heavy atom. The zero-order valence-corrected chi connectivity index (χ0v) is 11.4. The van der Waals surface area contributed by atoms with Crippen molar-refractivity contribution in [2.45, 2.75) is 17.4 Å². The Hall–Kier alpha value is -1.69. The lowest BCUT2D eigenvalue weighted by Crippen LogP contribution is -2.43. The van der Waals surface area contributed by atoms with Crippen molar-refractivity contribution in [2.24, 2.45) is 0 Å². The third-order valence-electron chi connectivity index (χ3n) is 2.82. The van der Waals surface area contributed by atoms with E-state index in [2.05, 4.69) is 0 Å². The van der Waals surface area contributed by atoms with Gasteiger partial charge in [-0.3, -0.25) is 9.59 Å². The summed E-state index contributed by atoms with van der Waals surface area (Å²) in [5.74, 6) is 0.170. The third-order valence-corrected chi connectivity index (χ3v) is 3.94. The molecule has 0 aromatic heterocycles. The van der Waals surface area contributed by atoms with Gasteiger partial charge in [0, 0.05) is 24.2 Å². The summed E-state index contributed by atoms with van der Waals surface area (Å²) in [6, 6.07) is 7.57. The average molecular weight is 281 g/mol. The van der Waals surface area contributed by atoms with E-state index in [9.17, 15) is 9.59 Å². The molecule has 5 nitrogen and oxygen atoms in total. The number of aliphatic carboxylic acids is 1. The van der Waals surface area contributed by atoms with Crippen molar-refractivity contribution >= 4 is 23.6 Å².